The van der Waals surface area contributed by atoms with Gasteiger partial charge in [0.1, 0.15) is 10.8 Å². The van der Waals surface area contributed by atoms with E-state index in [1.165, 1.54) is 18.4 Å². The SMILES string of the molecule is CCOc1ccc(C(=O)OCC(=O)Nc2sc(C)c(C)c2C(=O)OC)cc1. The zero-order chi connectivity index (χ0) is 20.0. The molecule has 2 aromatic rings. The minimum absolute atomic E-state index is 0.310. The Morgan fingerprint density at radius 1 is 1.07 bits per heavy atom. The monoisotopic (exact) mass is 391 g/mol. The molecule has 0 atom stereocenters. The maximum Gasteiger partial charge on any atom is 0.341 e. The van der Waals surface area contributed by atoms with Gasteiger partial charge in [-0.05, 0) is 50.6 Å². The number of rotatable bonds is 7. The van der Waals surface area contributed by atoms with Crippen LogP contribution in [0.1, 0.15) is 38.1 Å². The molecular weight excluding hydrogens is 370 g/mol. The molecule has 27 heavy (non-hydrogen) atoms. The van der Waals surface area contributed by atoms with Crippen LogP contribution in [0.2, 0.25) is 0 Å². The summed E-state index contributed by atoms with van der Waals surface area (Å²) in [7, 11) is 1.28. The van der Waals surface area contributed by atoms with E-state index in [1.54, 1.807) is 31.2 Å². The van der Waals surface area contributed by atoms with E-state index in [0.29, 0.717) is 28.5 Å². The molecule has 1 aromatic carbocycles. The number of hydrogen-bond acceptors (Lipinski definition) is 7. The van der Waals surface area contributed by atoms with Gasteiger partial charge in [-0.25, -0.2) is 9.59 Å². The fourth-order valence-corrected chi connectivity index (χ4v) is 3.36. The first-order valence-corrected chi connectivity index (χ1v) is 9.07. The Bertz CT molecular complexity index is 841. The summed E-state index contributed by atoms with van der Waals surface area (Å²) in [6, 6.07) is 6.43. The van der Waals surface area contributed by atoms with Crippen molar-refractivity contribution in [3.8, 4) is 5.75 Å². The zero-order valence-corrected chi connectivity index (χ0v) is 16.4. The van der Waals surface area contributed by atoms with Crippen molar-refractivity contribution in [1.29, 1.82) is 0 Å². The second-order valence-electron chi connectivity index (χ2n) is 5.56. The molecule has 0 aliphatic carbocycles. The van der Waals surface area contributed by atoms with Crippen LogP contribution in [0.5, 0.6) is 5.75 Å². The molecule has 0 saturated heterocycles. The molecule has 0 spiro atoms. The lowest BCUT2D eigenvalue weighted by Crippen LogP contribution is -2.21. The number of aryl methyl sites for hydroxylation is 1. The number of ether oxygens (including phenoxy) is 3. The average Bonchev–Trinajstić information content (AvgIpc) is 2.93. The Morgan fingerprint density at radius 2 is 1.74 bits per heavy atom. The number of benzene rings is 1. The van der Waals surface area contributed by atoms with Crippen LogP contribution in [0.15, 0.2) is 24.3 Å². The van der Waals surface area contributed by atoms with E-state index in [1.807, 2.05) is 13.8 Å². The summed E-state index contributed by atoms with van der Waals surface area (Å²) in [5.74, 6) is -1.05. The highest BCUT2D eigenvalue weighted by atomic mass is 32.1. The highest BCUT2D eigenvalue weighted by molar-refractivity contribution is 7.16. The molecule has 0 bridgehead atoms. The standard InChI is InChI=1S/C19H21NO6S/c1-5-25-14-8-6-13(7-9-14)18(22)26-10-15(21)20-17-16(19(23)24-4)11(2)12(3)27-17/h6-9H,5,10H2,1-4H3,(H,20,21). The van der Waals surface area contributed by atoms with Crippen LogP contribution in [0.3, 0.4) is 0 Å². The van der Waals surface area contributed by atoms with Crippen LogP contribution in [0.25, 0.3) is 0 Å². The smallest absolute Gasteiger partial charge is 0.341 e. The number of esters is 2. The van der Waals surface area contributed by atoms with Crippen LogP contribution in [0, 0.1) is 13.8 Å². The van der Waals surface area contributed by atoms with Gasteiger partial charge in [0, 0.05) is 4.88 Å². The second-order valence-corrected chi connectivity index (χ2v) is 6.79. The van der Waals surface area contributed by atoms with Gasteiger partial charge in [0.2, 0.25) is 0 Å². The van der Waals surface area contributed by atoms with E-state index in [2.05, 4.69) is 5.32 Å². The van der Waals surface area contributed by atoms with Crippen molar-refractivity contribution in [3.63, 3.8) is 0 Å². The van der Waals surface area contributed by atoms with E-state index < -0.39 is 24.5 Å². The van der Waals surface area contributed by atoms with Crippen LogP contribution in [-0.2, 0) is 14.3 Å². The fraction of sp³-hybridized carbons (Fsp3) is 0.316. The molecule has 0 fully saturated rings. The first kappa shape index (κ1) is 20.4. The molecule has 8 heteroatoms. The van der Waals surface area contributed by atoms with Gasteiger partial charge in [-0.1, -0.05) is 0 Å². The summed E-state index contributed by atoms with van der Waals surface area (Å²) < 4.78 is 15.1. The molecule has 0 radical (unpaired) electrons. The molecule has 0 aliphatic rings. The van der Waals surface area contributed by atoms with Crippen molar-refractivity contribution in [2.45, 2.75) is 20.8 Å². The van der Waals surface area contributed by atoms with Gasteiger partial charge in [0.15, 0.2) is 6.61 Å². The normalized spacial score (nSPS) is 10.2. The summed E-state index contributed by atoms with van der Waals surface area (Å²) in [6.07, 6.45) is 0. The summed E-state index contributed by atoms with van der Waals surface area (Å²) >= 11 is 1.26. The van der Waals surface area contributed by atoms with Crippen LogP contribution in [-0.4, -0.2) is 38.2 Å². The number of thiophene rings is 1. The number of carbonyl (C=O) groups excluding carboxylic acids is 3. The number of anilines is 1. The highest BCUT2D eigenvalue weighted by Gasteiger charge is 2.22. The van der Waals surface area contributed by atoms with E-state index in [9.17, 15) is 14.4 Å². The third-order valence-corrected chi connectivity index (χ3v) is 4.89. The molecule has 0 aliphatic heterocycles. The van der Waals surface area contributed by atoms with Gasteiger partial charge in [-0.15, -0.1) is 11.3 Å². The van der Waals surface area contributed by atoms with Gasteiger partial charge in [-0.3, -0.25) is 4.79 Å². The predicted molar refractivity (Wildman–Crippen MR) is 102 cm³/mol. The summed E-state index contributed by atoms with van der Waals surface area (Å²) in [4.78, 5) is 37.0. The lowest BCUT2D eigenvalue weighted by Gasteiger charge is -2.08. The van der Waals surface area contributed by atoms with Crippen LogP contribution in [0.4, 0.5) is 5.00 Å². The van der Waals surface area contributed by atoms with Crippen molar-refractivity contribution in [2.24, 2.45) is 0 Å². The number of methoxy groups -OCH3 is 1. The topological polar surface area (TPSA) is 90.9 Å². The Balaban J connectivity index is 1.97. The number of nitrogens with one attached hydrogen (secondary N) is 1. The number of carbonyl (C=O) groups is 3. The molecule has 1 N–H and O–H groups in total. The van der Waals surface area contributed by atoms with Gasteiger partial charge in [0.05, 0.1) is 24.8 Å². The maximum absolute atomic E-state index is 12.1. The minimum Gasteiger partial charge on any atom is -0.494 e. The lowest BCUT2D eigenvalue weighted by molar-refractivity contribution is -0.119. The molecule has 144 valence electrons. The van der Waals surface area contributed by atoms with Gasteiger partial charge in [0.25, 0.3) is 5.91 Å². The van der Waals surface area contributed by atoms with E-state index in [4.69, 9.17) is 14.2 Å². The number of amides is 1. The van der Waals surface area contributed by atoms with Gasteiger partial charge < -0.3 is 19.5 Å². The number of hydrogen-bond donors (Lipinski definition) is 1. The molecule has 2 rings (SSSR count). The minimum atomic E-state index is -0.625. The third-order valence-electron chi connectivity index (χ3n) is 3.76. The maximum atomic E-state index is 12.1. The molecule has 1 aromatic heterocycles. The molecule has 0 saturated carbocycles. The Morgan fingerprint density at radius 3 is 2.33 bits per heavy atom. The molecule has 1 amide bonds. The predicted octanol–water partition coefficient (Wildman–Crippen LogP) is 3.35. The van der Waals surface area contributed by atoms with E-state index >= 15 is 0 Å². The molecule has 0 unspecified atom stereocenters. The summed E-state index contributed by atoms with van der Waals surface area (Å²) in [6.45, 7) is 5.54. The molecule has 7 nitrogen and oxygen atoms in total. The Labute approximate surface area is 161 Å². The Kier molecular flexibility index (Phi) is 6.95. The van der Waals surface area contributed by atoms with Crippen molar-refractivity contribution >= 4 is 34.2 Å². The Hall–Kier alpha value is -2.87. The quantitative estimate of drug-likeness (QED) is 0.728. The van der Waals surface area contributed by atoms with E-state index in [-0.39, 0.29) is 0 Å². The van der Waals surface area contributed by atoms with Crippen LogP contribution >= 0.6 is 11.3 Å². The summed E-state index contributed by atoms with van der Waals surface area (Å²) in [5.41, 5.74) is 1.36. The molecule has 1 heterocycles. The lowest BCUT2D eigenvalue weighted by atomic mass is 10.1. The van der Waals surface area contributed by atoms with Gasteiger partial charge in [-0.2, -0.15) is 0 Å². The highest BCUT2D eigenvalue weighted by Crippen LogP contribution is 2.32. The molecular formula is C19H21NO6S. The van der Waals surface area contributed by atoms with Gasteiger partial charge >= 0.3 is 11.9 Å². The summed E-state index contributed by atoms with van der Waals surface area (Å²) in [5, 5.41) is 2.98. The fourth-order valence-electron chi connectivity index (χ4n) is 2.29. The van der Waals surface area contributed by atoms with Crippen molar-refractivity contribution in [2.75, 3.05) is 25.6 Å². The second kappa shape index (κ2) is 9.18. The largest absolute Gasteiger partial charge is 0.494 e. The average molecular weight is 391 g/mol. The third kappa shape index (κ3) is 5.07. The van der Waals surface area contributed by atoms with Crippen molar-refractivity contribution in [3.05, 3.63) is 45.8 Å². The van der Waals surface area contributed by atoms with E-state index in [0.717, 1.165) is 10.4 Å². The first-order valence-electron chi connectivity index (χ1n) is 8.25. The zero-order valence-electron chi connectivity index (χ0n) is 15.6. The van der Waals surface area contributed by atoms with Crippen LogP contribution < -0.4 is 10.1 Å². The van der Waals surface area contributed by atoms with Crippen molar-refractivity contribution < 1.29 is 28.6 Å². The van der Waals surface area contributed by atoms with Crippen molar-refractivity contribution in [1.82, 2.24) is 0 Å². The first-order chi connectivity index (χ1) is 12.9.